The summed E-state index contributed by atoms with van der Waals surface area (Å²) in [7, 11) is 0. The highest BCUT2D eigenvalue weighted by atomic mass is 32.1. The van der Waals surface area contributed by atoms with Gasteiger partial charge in [-0.1, -0.05) is 53.8 Å². The quantitative estimate of drug-likeness (QED) is 0.190. The molecule has 0 atom stereocenters. The monoisotopic (exact) mass is 528 g/mol. The lowest BCUT2D eigenvalue weighted by Gasteiger charge is -2.26. The Labute approximate surface area is 221 Å². The molecule has 3 heterocycles. The molecule has 5 aromatic rings. The number of benzene rings is 2. The van der Waals surface area contributed by atoms with Gasteiger partial charge in [-0.2, -0.15) is 5.10 Å². The first-order chi connectivity index (χ1) is 18.3. The molecule has 0 bridgehead atoms. The lowest BCUT2D eigenvalue weighted by Crippen LogP contribution is -2.42. The van der Waals surface area contributed by atoms with Gasteiger partial charge in [-0.3, -0.25) is 14.7 Å². The largest absolute Gasteiger partial charge is 0.414 e. The van der Waals surface area contributed by atoms with E-state index in [0.717, 1.165) is 5.56 Å². The maximum atomic E-state index is 13.1. The number of para-hydroxylation sites is 1. The summed E-state index contributed by atoms with van der Waals surface area (Å²) in [6, 6.07) is 21.2. The van der Waals surface area contributed by atoms with E-state index in [1.54, 1.807) is 48.7 Å². The first kappa shape index (κ1) is 24.8. The third-order valence-electron chi connectivity index (χ3n) is 5.83. The van der Waals surface area contributed by atoms with Crippen LogP contribution < -0.4 is 20.7 Å². The van der Waals surface area contributed by atoms with E-state index in [-0.39, 0.29) is 17.3 Å². The Bertz CT molecular complexity index is 1610. The molecule has 192 valence electrons. The van der Waals surface area contributed by atoms with Crippen LogP contribution in [0.25, 0.3) is 10.2 Å². The van der Waals surface area contributed by atoms with Crippen LogP contribution in [0.3, 0.4) is 0 Å². The molecule has 0 aliphatic rings. The van der Waals surface area contributed by atoms with E-state index in [0.29, 0.717) is 26.7 Å². The minimum Gasteiger partial charge on any atom is -0.399 e. The van der Waals surface area contributed by atoms with Crippen molar-refractivity contribution in [1.29, 1.82) is 0 Å². The van der Waals surface area contributed by atoms with Crippen LogP contribution >= 0.6 is 11.3 Å². The molecule has 3 aromatic heterocycles. The number of rotatable bonds is 7. The van der Waals surface area contributed by atoms with Crippen molar-refractivity contribution in [1.82, 2.24) is 20.5 Å². The number of amides is 3. The van der Waals surface area contributed by atoms with E-state index in [1.807, 2.05) is 44.2 Å². The zero-order chi connectivity index (χ0) is 26.7. The maximum absolute atomic E-state index is 13.1. The Balaban J connectivity index is 1.28. The van der Waals surface area contributed by atoms with Crippen molar-refractivity contribution in [3.63, 3.8) is 0 Å². The van der Waals surface area contributed by atoms with E-state index >= 15 is 0 Å². The number of nitrogens with zero attached hydrogens (tertiary/aromatic N) is 1. The van der Waals surface area contributed by atoms with Crippen molar-refractivity contribution in [3.05, 3.63) is 95.8 Å². The van der Waals surface area contributed by atoms with Crippen LogP contribution in [0.1, 0.15) is 40.3 Å². The molecule has 10 nitrogen and oxygen atoms in total. The van der Waals surface area contributed by atoms with Gasteiger partial charge < -0.3 is 25.7 Å². The number of nitrogens with one attached hydrogen (secondary N) is 5. The Kier molecular flexibility index (Phi) is 6.67. The van der Waals surface area contributed by atoms with Crippen LogP contribution in [0, 0.1) is 0 Å². The molecule has 0 saturated heterocycles. The van der Waals surface area contributed by atoms with Crippen LogP contribution in [0.15, 0.2) is 79.0 Å². The van der Waals surface area contributed by atoms with E-state index in [9.17, 15) is 14.4 Å². The van der Waals surface area contributed by atoms with Crippen molar-refractivity contribution < 1.29 is 19.1 Å². The molecule has 0 saturated carbocycles. The summed E-state index contributed by atoms with van der Waals surface area (Å²) in [4.78, 5) is 41.6. The van der Waals surface area contributed by atoms with Gasteiger partial charge in [0.2, 0.25) is 0 Å². The van der Waals surface area contributed by atoms with Gasteiger partial charge in [0.15, 0.2) is 10.9 Å². The van der Waals surface area contributed by atoms with Crippen LogP contribution in [0.5, 0.6) is 5.06 Å². The molecular formula is C27H24N6O4S. The topological polar surface area (TPSA) is 141 Å². The predicted molar refractivity (Wildman–Crippen MR) is 146 cm³/mol. The molecule has 0 fully saturated rings. The van der Waals surface area contributed by atoms with Gasteiger partial charge in [-0.05, 0) is 43.7 Å². The van der Waals surface area contributed by atoms with Crippen LogP contribution in [-0.4, -0.2) is 33.1 Å². The summed E-state index contributed by atoms with van der Waals surface area (Å²) in [6.07, 6.45) is 1.04. The third kappa shape index (κ3) is 5.27. The SMILES string of the molecule is CC(C)(NC(=O)Oc1cc2c(NC(=O)c3ccccc3NC(=O)c3ccc[nH]3)n[nH]c2s1)c1ccccc1. The number of hydrogen-bond acceptors (Lipinski definition) is 6. The van der Waals surface area contributed by atoms with Crippen molar-refractivity contribution in [2.24, 2.45) is 0 Å². The van der Waals surface area contributed by atoms with Gasteiger partial charge in [-0.25, -0.2) is 4.79 Å². The van der Waals surface area contributed by atoms with Gasteiger partial charge in [0.05, 0.1) is 22.2 Å². The summed E-state index contributed by atoms with van der Waals surface area (Å²) < 4.78 is 5.52. The van der Waals surface area contributed by atoms with E-state index in [4.69, 9.17) is 4.74 Å². The number of H-pyrrole nitrogens is 2. The number of ether oxygens (including phenoxy) is 1. The third-order valence-corrected chi connectivity index (χ3v) is 6.75. The minimum absolute atomic E-state index is 0.262. The molecule has 5 rings (SSSR count). The first-order valence-corrected chi connectivity index (χ1v) is 12.5. The Morgan fingerprint density at radius 3 is 2.45 bits per heavy atom. The summed E-state index contributed by atoms with van der Waals surface area (Å²) in [5.41, 5.74) is 1.28. The van der Waals surface area contributed by atoms with Crippen LogP contribution in [-0.2, 0) is 5.54 Å². The van der Waals surface area contributed by atoms with Gasteiger partial charge >= 0.3 is 6.09 Å². The van der Waals surface area contributed by atoms with Gasteiger partial charge in [0, 0.05) is 12.3 Å². The Morgan fingerprint density at radius 2 is 1.68 bits per heavy atom. The summed E-state index contributed by atoms with van der Waals surface area (Å²) >= 11 is 1.19. The standard InChI is InChI=1S/C27H24N6O4S/c1-27(2,16-9-4-3-5-10-16)31-26(36)37-21-15-18-22(32-33-25(18)38-21)30-23(34)17-11-6-7-12-19(17)29-24(35)20-13-8-14-28-20/h3-15,28H,1-2H3,(H,29,35)(H,31,36)(H2,30,32,33,34). The predicted octanol–water partition coefficient (Wildman–Crippen LogP) is 5.48. The highest BCUT2D eigenvalue weighted by Gasteiger charge is 2.25. The highest BCUT2D eigenvalue weighted by molar-refractivity contribution is 7.20. The fourth-order valence-corrected chi connectivity index (χ4v) is 4.72. The van der Waals surface area contributed by atoms with Crippen molar-refractivity contribution in [2.45, 2.75) is 19.4 Å². The summed E-state index contributed by atoms with van der Waals surface area (Å²) in [5.74, 6) is -0.561. The number of anilines is 2. The molecular weight excluding hydrogens is 504 g/mol. The lowest BCUT2D eigenvalue weighted by molar-refractivity contribution is 0.102. The zero-order valence-electron chi connectivity index (χ0n) is 20.5. The second kappa shape index (κ2) is 10.2. The Morgan fingerprint density at radius 1 is 0.921 bits per heavy atom. The number of carbonyl (C=O) groups excluding carboxylic acids is 3. The molecule has 0 aliphatic carbocycles. The molecule has 11 heteroatoms. The number of aromatic nitrogens is 3. The second-order valence-electron chi connectivity index (χ2n) is 8.92. The molecule has 0 unspecified atom stereocenters. The highest BCUT2D eigenvalue weighted by Crippen LogP contribution is 2.35. The van der Waals surface area contributed by atoms with Crippen LogP contribution in [0.4, 0.5) is 16.3 Å². The molecule has 0 spiro atoms. The zero-order valence-corrected chi connectivity index (χ0v) is 21.3. The average molecular weight is 529 g/mol. The summed E-state index contributed by atoms with van der Waals surface area (Å²) in [6.45, 7) is 3.77. The molecule has 0 radical (unpaired) electrons. The minimum atomic E-state index is -0.638. The fourth-order valence-electron chi connectivity index (χ4n) is 3.87. The van der Waals surface area contributed by atoms with Crippen molar-refractivity contribution in [2.75, 3.05) is 10.6 Å². The molecule has 0 aliphatic heterocycles. The smallest absolute Gasteiger partial charge is 0.399 e. The molecule has 38 heavy (non-hydrogen) atoms. The number of fused-ring (bicyclic) bond motifs is 1. The fraction of sp³-hybridized carbons (Fsp3) is 0.111. The van der Waals surface area contributed by atoms with Gasteiger partial charge in [0.25, 0.3) is 11.8 Å². The van der Waals surface area contributed by atoms with Crippen molar-refractivity contribution >= 4 is 51.0 Å². The number of hydrogen-bond donors (Lipinski definition) is 5. The molecule has 3 amide bonds. The number of carbonyl (C=O) groups is 3. The second-order valence-corrected chi connectivity index (χ2v) is 9.94. The van der Waals surface area contributed by atoms with E-state index in [1.165, 1.54) is 11.3 Å². The van der Waals surface area contributed by atoms with E-state index < -0.39 is 17.5 Å². The first-order valence-electron chi connectivity index (χ1n) is 11.7. The van der Waals surface area contributed by atoms with Crippen LogP contribution in [0.2, 0.25) is 0 Å². The maximum Gasteiger partial charge on any atom is 0.414 e. The Hall–Kier alpha value is -4.90. The average Bonchev–Trinajstić information content (AvgIpc) is 3.64. The van der Waals surface area contributed by atoms with Gasteiger partial charge in [0.1, 0.15) is 10.5 Å². The van der Waals surface area contributed by atoms with Gasteiger partial charge in [-0.15, -0.1) is 0 Å². The normalized spacial score (nSPS) is 11.2. The van der Waals surface area contributed by atoms with Crippen molar-refractivity contribution in [3.8, 4) is 5.06 Å². The number of thiophene rings is 1. The van der Waals surface area contributed by atoms with E-state index in [2.05, 4.69) is 31.1 Å². The number of aromatic amines is 2. The molecule has 5 N–H and O–H groups in total. The lowest BCUT2D eigenvalue weighted by atomic mass is 9.95. The molecule has 2 aromatic carbocycles. The summed E-state index contributed by atoms with van der Waals surface area (Å²) in [5, 5.41) is 16.3.